The molecule has 0 fully saturated rings. The van der Waals surface area contributed by atoms with E-state index >= 15 is 0 Å². The van der Waals surface area contributed by atoms with Crippen LogP contribution < -0.4 is 5.56 Å². The second-order valence-electron chi connectivity index (χ2n) is 4.06. The normalized spacial score (nSPS) is 13.7. The average molecular weight is 248 g/mol. The van der Waals surface area contributed by atoms with Crippen molar-refractivity contribution in [1.29, 1.82) is 0 Å². The first kappa shape index (κ1) is 10.5. The van der Waals surface area contributed by atoms with E-state index in [0.717, 1.165) is 30.6 Å². The third-order valence-corrected chi connectivity index (χ3v) is 3.28. The fourth-order valence-corrected chi connectivity index (χ4v) is 2.32. The van der Waals surface area contributed by atoms with Crippen LogP contribution in [0.2, 0.25) is 5.02 Å². The second kappa shape index (κ2) is 4.00. The smallest absolute Gasteiger partial charge is 0.279 e. The molecule has 0 atom stereocenters. The van der Waals surface area contributed by atoms with Gasteiger partial charge in [-0.15, -0.1) is 0 Å². The molecule has 0 amide bonds. The molecule has 0 aliphatic heterocycles. The summed E-state index contributed by atoms with van der Waals surface area (Å²) in [6.45, 7) is 0. The minimum absolute atomic E-state index is 0.182. The SMILES string of the molecule is O=c1nc(-c2ccccc2Cl)oc2c1CCC2. The van der Waals surface area contributed by atoms with E-state index in [0.29, 0.717) is 16.5 Å². The Hall–Kier alpha value is -1.61. The number of benzene rings is 1. The van der Waals surface area contributed by atoms with Gasteiger partial charge in [0.2, 0.25) is 5.89 Å². The van der Waals surface area contributed by atoms with Crippen molar-refractivity contribution in [2.24, 2.45) is 0 Å². The Morgan fingerprint density at radius 1 is 1.24 bits per heavy atom. The van der Waals surface area contributed by atoms with Gasteiger partial charge in [-0.3, -0.25) is 4.79 Å². The molecular formula is C13H10ClNO2. The van der Waals surface area contributed by atoms with Gasteiger partial charge in [0.15, 0.2) is 0 Å². The van der Waals surface area contributed by atoms with Gasteiger partial charge in [-0.05, 0) is 25.0 Å². The van der Waals surface area contributed by atoms with Gasteiger partial charge in [0.25, 0.3) is 5.56 Å². The van der Waals surface area contributed by atoms with E-state index in [9.17, 15) is 4.79 Å². The summed E-state index contributed by atoms with van der Waals surface area (Å²) in [7, 11) is 0. The summed E-state index contributed by atoms with van der Waals surface area (Å²) in [5.74, 6) is 1.08. The zero-order chi connectivity index (χ0) is 11.8. The Balaban J connectivity index is 2.20. The topological polar surface area (TPSA) is 43.1 Å². The van der Waals surface area contributed by atoms with Crippen LogP contribution in [0.25, 0.3) is 11.5 Å². The lowest BCUT2D eigenvalue weighted by molar-refractivity contribution is 0.494. The Labute approximate surface area is 103 Å². The first-order valence-corrected chi connectivity index (χ1v) is 5.91. The number of nitrogens with zero attached hydrogens (tertiary/aromatic N) is 1. The standard InChI is InChI=1S/C13H10ClNO2/c14-10-6-2-1-4-8(10)13-15-12(16)9-5-3-7-11(9)17-13/h1-2,4,6H,3,5,7H2. The third-order valence-electron chi connectivity index (χ3n) is 2.95. The van der Waals surface area contributed by atoms with E-state index in [1.807, 2.05) is 12.1 Å². The van der Waals surface area contributed by atoms with Crippen molar-refractivity contribution < 1.29 is 4.42 Å². The van der Waals surface area contributed by atoms with Crippen LogP contribution in [0, 0.1) is 0 Å². The number of fused-ring (bicyclic) bond motifs is 1. The molecule has 0 unspecified atom stereocenters. The van der Waals surface area contributed by atoms with Gasteiger partial charge in [0.05, 0.1) is 16.1 Å². The average Bonchev–Trinajstić information content (AvgIpc) is 2.78. The van der Waals surface area contributed by atoms with Gasteiger partial charge < -0.3 is 4.42 Å². The fraction of sp³-hybridized carbons (Fsp3) is 0.231. The Morgan fingerprint density at radius 2 is 2.06 bits per heavy atom. The molecule has 0 N–H and O–H groups in total. The van der Waals surface area contributed by atoms with Crippen molar-refractivity contribution in [2.45, 2.75) is 19.3 Å². The van der Waals surface area contributed by atoms with E-state index in [1.165, 1.54) is 0 Å². The maximum Gasteiger partial charge on any atom is 0.279 e. The first-order valence-electron chi connectivity index (χ1n) is 5.53. The van der Waals surface area contributed by atoms with E-state index in [-0.39, 0.29) is 5.56 Å². The number of aromatic nitrogens is 1. The predicted octanol–water partition coefficient (Wildman–Crippen LogP) is 2.84. The van der Waals surface area contributed by atoms with Crippen LogP contribution in [0.5, 0.6) is 0 Å². The molecule has 1 aromatic heterocycles. The summed E-state index contributed by atoms with van der Waals surface area (Å²) >= 11 is 6.06. The third kappa shape index (κ3) is 1.76. The molecule has 17 heavy (non-hydrogen) atoms. The molecule has 3 nitrogen and oxygen atoms in total. The van der Waals surface area contributed by atoms with Gasteiger partial charge in [0.1, 0.15) is 5.76 Å². The van der Waals surface area contributed by atoms with Crippen LogP contribution in [0.4, 0.5) is 0 Å². The summed E-state index contributed by atoms with van der Waals surface area (Å²) < 4.78 is 5.67. The molecular weight excluding hydrogens is 238 g/mol. The lowest BCUT2D eigenvalue weighted by Crippen LogP contribution is -2.12. The predicted molar refractivity (Wildman–Crippen MR) is 65.2 cm³/mol. The number of aryl methyl sites for hydroxylation is 1. The minimum Gasteiger partial charge on any atom is -0.442 e. The number of hydrogen-bond donors (Lipinski definition) is 0. The van der Waals surface area contributed by atoms with Gasteiger partial charge in [0, 0.05) is 6.42 Å². The number of halogens is 1. The highest BCUT2D eigenvalue weighted by Crippen LogP contribution is 2.28. The molecule has 1 aromatic carbocycles. The molecule has 86 valence electrons. The molecule has 3 rings (SSSR count). The van der Waals surface area contributed by atoms with Gasteiger partial charge in [-0.25, -0.2) is 0 Å². The highest BCUT2D eigenvalue weighted by molar-refractivity contribution is 6.33. The quantitative estimate of drug-likeness (QED) is 0.778. The van der Waals surface area contributed by atoms with Crippen molar-refractivity contribution in [3.05, 3.63) is 51.0 Å². The van der Waals surface area contributed by atoms with Crippen LogP contribution in [0.1, 0.15) is 17.7 Å². The Morgan fingerprint density at radius 3 is 2.88 bits per heavy atom. The molecule has 0 saturated heterocycles. The molecule has 1 aliphatic carbocycles. The number of hydrogen-bond acceptors (Lipinski definition) is 3. The van der Waals surface area contributed by atoms with E-state index in [1.54, 1.807) is 12.1 Å². The van der Waals surface area contributed by atoms with Gasteiger partial charge >= 0.3 is 0 Å². The van der Waals surface area contributed by atoms with Crippen molar-refractivity contribution in [2.75, 3.05) is 0 Å². The van der Waals surface area contributed by atoms with Crippen molar-refractivity contribution in [3.63, 3.8) is 0 Å². The van der Waals surface area contributed by atoms with E-state index in [2.05, 4.69) is 4.98 Å². The molecule has 0 saturated carbocycles. The largest absolute Gasteiger partial charge is 0.442 e. The van der Waals surface area contributed by atoms with Gasteiger partial charge in [-0.2, -0.15) is 4.98 Å². The van der Waals surface area contributed by atoms with Crippen molar-refractivity contribution in [3.8, 4) is 11.5 Å². The summed E-state index contributed by atoms with van der Waals surface area (Å²) in [5.41, 5.74) is 1.21. The van der Waals surface area contributed by atoms with Crippen molar-refractivity contribution >= 4 is 11.6 Å². The molecule has 2 aromatic rings. The highest BCUT2D eigenvalue weighted by Gasteiger charge is 2.20. The van der Waals surface area contributed by atoms with Gasteiger partial charge in [-0.1, -0.05) is 23.7 Å². The maximum absolute atomic E-state index is 11.8. The summed E-state index contributed by atoms with van der Waals surface area (Å²) in [4.78, 5) is 15.8. The summed E-state index contributed by atoms with van der Waals surface area (Å²) in [5, 5.41) is 0.543. The fourth-order valence-electron chi connectivity index (χ4n) is 2.10. The monoisotopic (exact) mass is 247 g/mol. The zero-order valence-electron chi connectivity index (χ0n) is 9.07. The van der Waals surface area contributed by atoms with Crippen LogP contribution >= 0.6 is 11.6 Å². The maximum atomic E-state index is 11.8. The van der Waals surface area contributed by atoms with Crippen LogP contribution in [0.3, 0.4) is 0 Å². The molecule has 0 spiro atoms. The molecule has 1 aliphatic rings. The van der Waals surface area contributed by atoms with Crippen LogP contribution in [-0.4, -0.2) is 4.98 Å². The molecule has 0 radical (unpaired) electrons. The Kier molecular flexibility index (Phi) is 2.48. The number of rotatable bonds is 1. The summed E-state index contributed by atoms with van der Waals surface area (Å²) in [6, 6.07) is 7.23. The molecule has 4 heteroatoms. The Bertz CT molecular complexity index is 634. The molecule has 1 heterocycles. The highest BCUT2D eigenvalue weighted by atomic mass is 35.5. The second-order valence-corrected chi connectivity index (χ2v) is 4.47. The van der Waals surface area contributed by atoms with Crippen LogP contribution in [-0.2, 0) is 12.8 Å². The lowest BCUT2D eigenvalue weighted by atomic mass is 10.2. The molecule has 0 bridgehead atoms. The lowest BCUT2D eigenvalue weighted by Gasteiger charge is -2.04. The zero-order valence-corrected chi connectivity index (χ0v) is 9.83. The first-order chi connectivity index (χ1) is 8.25. The minimum atomic E-state index is -0.182. The van der Waals surface area contributed by atoms with E-state index < -0.39 is 0 Å². The van der Waals surface area contributed by atoms with E-state index in [4.69, 9.17) is 16.0 Å². The van der Waals surface area contributed by atoms with Crippen LogP contribution in [0.15, 0.2) is 33.5 Å². The van der Waals surface area contributed by atoms with Crippen molar-refractivity contribution in [1.82, 2.24) is 4.98 Å². The summed E-state index contributed by atoms with van der Waals surface area (Å²) in [6.07, 6.45) is 2.54.